The summed E-state index contributed by atoms with van der Waals surface area (Å²) in [4.78, 5) is 10.3. The predicted molar refractivity (Wildman–Crippen MR) is 55.5 cm³/mol. The van der Waals surface area contributed by atoms with E-state index in [1.807, 2.05) is 16.8 Å². The van der Waals surface area contributed by atoms with Crippen LogP contribution < -0.4 is 5.73 Å². The van der Waals surface area contributed by atoms with Crippen molar-refractivity contribution >= 4 is 29.7 Å². The minimum atomic E-state index is -0.835. The van der Waals surface area contributed by atoms with Gasteiger partial charge in [-0.2, -0.15) is 11.3 Å². The molecule has 3 nitrogen and oxygen atoms in total. The zero-order valence-electron chi connectivity index (χ0n) is 6.97. The molecule has 13 heavy (non-hydrogen) atoms. The minimum Gasteiger partial charge on any atom is -0.481 e. The molecule has 0 aliphatic carbocycles. The Labute approximate surface area is 87.0 Å². The number of halogens is 1. The van der Waals surface area contributed by atoms with Gasteiger partial charge in [0.15, 0.2) is 0 Å². The van der Waals surface area contributed by atoms with Crippen molar-refractivity contribution in [3.63, 3.8) is 0 Å². The lowest BCUT2D eigenvalue weighted by Crippen LogP contribution is -2.25. The van der Waals surface area contributed by atoms with Crippen LogP contribution in [0.2, 0.25) is 0 Å². The first kappa shape index (κ1) is 12.4. The van der Waals surface area contributed by atoms with Gasteiger partial charge >= 0.3 is 5.97 Å². The molecule has 0 radical (unpaired) electrons. The average Bonchev–Trinajstić information content (AvgIpc) is 2.37. The van der Waals surface area contributed by atoms with Crippen LogP contribution in [0.4, 0.5) is 0 Å². The van der Waals surface area contributed by atoms with Crippen molar-refractivity contribution < 1.29 is 9.90 Å². The third-order valence-corrected chi connectivity index (χ3v) is 2.25. The molecule has 1 rings (SSSR count). The monoisotopic (exact) mass is 221 g/mol. The van der Waals surface area contributed by atoms with Crippen molar-refractivity contribution in [1.82, 2.24) is 0 Å². The van der Waals surface area contributed by atoms with E-state index in [2.05, 4.69) is 0 Å². The average molecular weight is 222 g/mol. The van der Waals surface area contributed by atoms with Gasteiger partial charge in [0.1, 0.15) is 0 Å². The molecule has 0 saturated heterocycles. The summed E-state index contributed by atoms with van der Waals surface area (Å²) in [6.45, 7) is 0. The molecule has 0 saturated carbocycles. The van der Waals surface area contributed by atoms with Gasteiger partial charge in [0, 0.05) is 6.04 Å². The molecule has 0 spiro atoms. The van der Waals surface area contributed by atoms with Crippen LogP contribution in [0.25, 0.3) is 0 Å². The van der Waals surface area contributed by atoms with Crippen LogP contribution in [-0.4, -0.2) is 17.1 Å². The van der Waals surface area contributed by atoms with E-state index in [0.29, 0.717) is 6.42 Å². The van der Waals surface area contributed by atoms with Crippen molar-refractivity contribution in [3.8, 4) is 0 Å². The summed E-state index contributed by atoms with van der Waals surface area (Å²) in [5, 5.41) is 12.4. The Kier molecular flexibility index (Phi) is 5.70. The summed E-state index contributed by atoms with van der Waals surface area (Å²) >= 11 is 1.60. The van der Waals surface area contributed by atoms with Gasteiger partial charge in [0.05, 0.1) is 6.42 Å². The zero-order chi connectivity index (χ0) is 8.97. The number of carboxylic acids is 1. The van der Waals surface area contributed by atoms with Gasteiger partial charge in [-0.05, 0) is 28.8 Å². The fraction of sp³-hybridized carbons (Fsp3) is 0.375. The summed E-state index contributed by atoms with van der Waals surface area (Å²) in [5.41, 5.74) is 6.71. The number of rotatable bonds is 4. The summed E-state index contributed by atoms with van der Waals surface area (Å²) in [7, 11) is 0. The first-order valence-electron chi connectivity index (χ1n) is 3.67. The quantitative estimate of drug-likeness (QED) is 0.810. The molecule has 1 unspecified atom stereocenters. The highest BCUT2D eigenvalue weighted by Crippen LogP contribution is 2.08. The highest BCUT2D eigenvalue weighted by molar-refractivity contribution is 7.07. The van der Waals surface area contributed by atoms with Crippen molar-refractivity contribution in [3.05, 3.63) is 22.4 Å². The molecule has 0 aliphatic rings. The van der Waals surface area contributed by atoms with E-state index in [0.717, 1.165) is 5.56 Å². The summed E-state index contributed by atoms with van der Waals surface area (Å²) in [6, 6.07) is 1.70. The fourth-order valence-electron chi connectivity index (χ4n) is 1.01. The van der Waals surface area contributed by atoms with Gasteiger partial charge in [-0.25, -0.2) is 0 Å². The highest BCUT2D eigenvalue weighted by atomic mass is 35.5. The number of thiophene rings is 1. The number of carboxylic acid groups (broad SMARTS) is 1. The zero-order valence-corrected chi connectivity index (χ0v) is 8.61. The third kappa shape index (κ3) is 4.87. The van der Waals surface area contributed by atoms with Crippen LogP contribution in [0.15, 0.2) is 16.8 Å². The Balaban J connectivity index is 0.00000144. The summed E-state index contributed by atoms with van der Waals surface area (Å²) < 4.78 is 0. The van der Waals surface area contributed by atoms with Crippen LogP contribution in [0.5, 0.6) is 0 Å². The number of nitrogens with two attached hydrogens (primary N) is 1. The molecule has 1 atom stereocenters. The van der Waals surface area contributed by atoms with Crippen LogP contribution in [0.1, 0.15) is 12.0 Å². The first-order valence-corrected chi connectivity index (χ1v) is 4.61. The van der Waals surface area contributed by atoms with Gasteiger partial charge in [-0.15, -0.1) is 12.4 Å². The largest absolute Gasteiger partial charge is 0.481 e. The Morgan fingerprint density at radius 2 is 2.38 bits per heavy atom. The first-order chi connectivity index (χ1) is 5.68. The maximum absolute atomic E-state index is 10.3. The maximum Gasteiger partial charge on any atom is 0.304 e. The molecular formula is C8H12ClNO2S. The topological polar surface area (TPSA) is 63.3 Å². The van der Waals surface area contributed by atoms with Gasteiger partial charge in [0.2, 0.25) is 0 Å². The molecule has 5 heteroatoms. The normalized spacial score (nSPS) is 11.8. The molecule has 0 aromatic carbocycles. The lowest BCUT2D eigenvalue weighted by atomic mass is 10.1. The van der Waals surface area contributed by atoms with Gasteiger partial charge in [0.25, 0.3) is 0 Å². The Bertz CT molecular complexity index is 251. The van der Waals surface area contributed by atoms with E-state index in [4.69, 9.17) is 10.8 Å². The van der Waals surface area contributed by atoms with Crippen LogP contribution in [0.3, 0.4) is 0 Å². The standard InChI is InChI=1S/C8H11NO2S.ClH/c9-7(4-8(10)11)3-6-1-2-12-5-6;/h1-2,5,7H,3-4,9H2,(H,10,11);1H. The SMILES string of the molecule is Cl.NC(CC(=O)O)Cc1ccsc1. The number of hydrogen-bond donors (Lipinski definition) is 2. The van der Waals surface area contributed by atoms with Crippen molar-refractivity contribution in [1.29, 1.82) is 0 Å². The molecule has 0 fully saturated rings. The second-order valence-electron chi connectivity index (χ2n) is 2.69. The molecule has 1 aromatic rings. The summed E-state index contributed by atoms with van der Waals surface area (Å²) in [6.07, 6.45) is 0.686. The smallest absolute Gasteiger partial charge is 0.304 e. The van der Waals surface area contributed by atoms with Gasteiger partial charge in [-0.3, -0.25) is 4.79 Å². The Morgan fingerprint density at radius 3 is 2.85 bits per heavy atom. The molecule has 74 valence electrons. The Hall–Kier alpha value is -0.580. The second-order valence-corrected chi connectivity index (χ2v) is 3.47. The minimum absolute atomic E-state index is 0. The lowest BCUT2D eigenvalue weighted by Gasteiger charge is -2.05. The number of carbonyl (C=O) groups is 1. The number of hydrogen-bond acceptors (Lipinski definition) is 3. The van der Waals surface area contributed by atoms with E-state index < -0.39 is 5.97 Å². The molecule has 3 N–H and O–H groups in total. The highest BCUT2D eigenvalue weighted by Gasteiger charge is 2.08. The fourth-order valence-corrected chi connectivity index (χ4v) is 1.69. The summed E-state index contributed by atoms with van der Waals surface area (Å²) in [5.74, 6) is -0.835. The van der Waals surface area contributed by atoms with Gasteiger partial charge in [-0.1, -0.05) is 0 Å². The molecule has 0 aliphatic heterocycles. The predicted octanol–water partition coefficient (Wildman–Crippen LogP) is 1.51. The van der Waals surface area contributed by atoms with Crippen molar-refractivity contribution in [2.75, 3.05) is 0 Å². The van der Waals surface area contributed by atoms with Crippen molar-refractivity contribution in [2.45, 2.75) is 18.9 Å². The molecular weight excluding hydrogens is 210 g/mol. The van der Waals surface area contributed by atoms with Crippen LogP contribution in [-0.2, 0) is 11.2 Å². The Morgan fingerprint density at radius 1 is 1.69 bits per heavy atom. The third-order valence-electron chi connectivity index (χ3n) is 1.51. The lowest BCUT2D eigenvalue weighted by molar-refractivity contribution is -0.137. The van der Waals surface area contributed by atoms with Gasteiger partial charge < -0.3 is 10.8 Å². The van der Waals surface area contributed by atoms with E-state index in [9.17, 15) is 4.79 Å². The van der Waals surface area contributed by atoms with E-state index in [1.54, 1.807) is 11.3 Å². The second kappa shape index (κ2) is 5.96. The van der Waals surface area contributed by atoms with E-state index in [1.165, 1.54) is 0 Å². The van der Waals surface area contributed by atoms with Crippen LogP contribution in [0, 0.1) is 0 Å². The maximum atomic E-state index is 10.3. The number of aliphatic carboxylic acids is 1. The molecule has 1 heterocycles. The molecule has 1 aromatic heterocycles. The van der Waals surface area contributed by atoms with E-state index in [-0.39, 0.29) is 24.9 Å². The van der Waals surface area contributed by atoms with E-state index >= 15 is 0 Å². The van der Waals surface area contributed by atoms with Crippen LogP contribution >= 0.6 is 23.7 Å². The van der Waals surface area contributed by atoms with Crippen molar-refractivity contribution in [2.24, 2.45) is 5.73 Å². The molecule has 0 amide bonds. The molecule has 0 bridgehead atoms.